The molecule has 0 aliphatic carbocycles. The molecule has 0 aromatic carbocycles. The van der Waals surface area contributed by atoms with Crippen molar-refractivity contribution in [1.82, 2.24) is 14.5 Å². The number of rotatable bonds is 6. The predicted octanol–water partition coefficient (Wildman–Crippen LogP) is 1.94. The molecule has 2 heterocycles. The zero-order valence-corrected chi connectivity index (χ0v) is 12.6. The van der Waals surface area contributed by atoms with Crippen molar-refractivity contribution in [2.75, 3.05) is 25.0 Å². The molecule has 2 rings (SSSR count). The predicted molar refractivity (Wildman–Crippen MR) is 82.2 cm³/mol. The summed E-state index contributed by atoms with van der Waals surface area (Å²) in [5.41, 5.74) is -0.0137. The second-order valence-electron chi connectivity index (χ2n) is 5.60. The van der Waals surface area contributed by atoms with Crippen molar-refractivity contribution in [3.63, 3.8) is 0 Å². The van der Waals surface area contributed by atoms with E-state index in [9.17, 15) is 4.79 Å². The molecule has 1 atom stereocenters. The number of hydrogen-bond acceptors (Lipinski definition) is 4. The minimum Gasteiger partial charge on any atom is -0.364 e. The monoisotopic (exact) mass is 278 g/mol. The van der Waals surface area contributed by atoms with Crippen molar-refractivity contribution >= 4 is 5.82 Å². The van der Waals surface area contributed by atoms with Crippen molar-refractivity contribution in [3.05, 3.63) is 22.7 Å². The Hall–Kier alpha value is -1.36. The van der Waals surface area contributed by atoms with E-state index in [-0.39, 0.29) is 5.56 Å². The van der Waals surface area contributed by atoms with Gasteiger partial charge in [0.25, 0.3) is 5.56 Å². The van der Waals surface area contributed by atoms with E-state index in [1.54, 1.807) is 17.0 Å². The molecule has 0 saturated carbocycles. The number of nitrogens with zero attached hydrogens (tertiary/aromatic N) is 3. The highest BCUT2D eigenvalue weighted by molar-refractivity contribution is 5.30. The number of nitrogens with one attached hydrogen (secondary N) is 1. The smallest absolute Gasteiger partial charge is 0.293 e. The summed E-state index contributed by atoms with van der Waals surface area (Å²) in [4.78, 5) is 18.8. The van der Waals surface area contributed by atoms with Gasteiger partial charge in [-0.05, 0) is 39.3 Å². The number of likely N-dealkylation sites (tertiary alicyclic amines) is 1. The summed E-state index contributed by atoms with van der Waals surface area (Å²) in [6.07, 6.45) is 8.33. The van der Waals surface area contributed by atoms with E-state index in [0.29, 0.717) is 11.9 Å². The number of hydrogen-bond donors (Lipinski definition) is 1. The van der Waals surface area contributed by atoms with Crippen LogP contribution in [0.2, 0.25) is 0 Å². The minimum atomic E-state index is -0.0137. The van der Waals surface area contributed by atoms with Crippen LogP contribution < -0.4 is 10.9 Å². The first-order valence-electron chi connectivity index (χ1n) is 7.75. The first kappa shape index (κ1) is 15.0. The molecule has 1 fully saturated rings. The van der Waals surface area contributed by atoms with Crippen LogP contribution in [0.1, 0.15) is 39.5 Å². The van der Waals surface area contributed by atoms with Gasteiger partial charge in [-0.25, -0.2) is 4.98 Å². The Morgan fingerprint density at radius 1 is 1.35 bits per heavy atom. The topological polar surface area (TPSA) is 50.2 Å². The van der Waals surface area contributed by atoms with Crippen molar-refractivity contribution in [3.8, 4) is 0 Å². The summed E-state index contributed by atoms with van der Waals surface area (Å²) in [6.45, 7) is 8.15. The largest absolute Gasteiger partial charge is 0.364 e. The Balaban J connectivity index is 1.93. The number of aryl methyl sites for hydroxylation is 1. The maximum absolute atomic E-state index is 12.2. The number of piperidine rings is 1. The zero-order valence-electron chi connectivity index (χ0n) is 12.6. The molecule has 0 spiro atoms. The van der Waals surface area contributed by atoms with Crippen LogP contribution in [0.3, 0.4) is 0 Å². The first-order valence-corrected chi connectivity index (χ1v) is 7.75. The highest BCUT2D eigenvalue weighted by Crippen LogP contribution is 2.12. The molecule has 1 unspecified atom stereocenters. The normalized spacial score (nSPS) is 17.9. The molecule has 0 radical (unpaired) electrons. The third kappa shape index (κ3) is 3.82. The van der Waals surface area contributed by atoms with Gasteiger partial charge in [-0.1, -0.05) is 13.3 Å². The van der Waals surface area contributed by atoms with Gasteiger partial charge in [0.2, 0.25) is 0 Å². The third-order valence-electron chi connectivity index (χ3n) is 3.96. The zero-order chi connectivity index (χ0) is 14.4. The summed E-state index contributed by atoms with van der Waals surface area (Å²) in [7, 11) is 0. The quantitative estimate of drug-likeness (QED) is 0.864. The molecule has 112 valence electrons. The Bertz CT molecular complexity index is 465. The Labute approximate surface area is 121 Å². The maximum Gasteiger partial charge on any atom is 0.293 e. The van der Waals surface area contributed by atoms with Crippen molar-refractivity contribution < 1.29 is 0 Å². The standard InChI is InChI=1S/C15H26N4O/c1-3-8-19-11-7-16-14(15(19)20)17-12-13(2)18-9-5-4-6-10-18/h7,11,13H,3-6,8-10,12H2,1-2H3,(H,16,17). The molecule has 1 aromatic heterocycles. The van der Waals surface area contributed by atoms with Crippen LogP contribution in [-0.2, 0) is 6.54 Å². The van der Waals surface area contributed by atoms with Crippen molar-refractivity contribution in [2.24, 2.45) is 0 Å². The van der Waals surface area contributed by atoms with Gasteiger partial charge in [0, 0.05) is 31.5 Å². The number of aromatic nitrogens is 2. The molecule has 5 heteroatoms. The van der Waals surface area contributed by atoms with Gasteiger partial charge in [0.05, 0.1) is 0 Å². The van der Waals surface area contributed by atoms with E-state index in [1.807, 2.05) is 0 Å². The summed E-state index contributed by atoms with van der Waals surface area (Å²) in [5, 5.41) is 3.22. The third-order valence-corrected chi connectivity index (χ3v) is 3.96. The van der Waals surface area contributed by atoms with Gasteiger partial charge in [0.15, 0.2) is 5.82 Å². The molecule has 1 saturated heterocycles. The lowest BCUT2D eigenvalue weighted by molar-refractivity contribution is 0.180. The molecule has 1 aliphatic rings. The van der Waals surface area contributed by atoms with Gasteiger partial charge in [-0.3, -0.25) is 9.69 Å². The van der Waals surface area contributed by atoms with Gasteiger partial charge >= 0.3 is 0 Å². The molecule has 1 aromatic rings. The van der Waals surface area contributed by atoms with Crippen LogP contribution in [0.15, 0.2) is 17.2 Å². The fourth-order valence-electron chi connectivity index (χ4n) is 2.72. The fourth-order valence-corrected chi connectivity index (χ4v) is 2.72. The Morgan fingerprint density at radius 3 is 2.80 bits per heavy atom. The number of anilines is 1. The average Bonchev–Trinajstić information content (AvgIpc) is 2.49. The van der Waals surface area contributed by atoms with Gasteiger partial charge in [-0.2, -0.15) is 0 Å². The Morgan fingerprint density at radius 2 is 2.10 bits per heavy atom. The SMILES string of the molecule is CCCn1ccnc(NCC(C)N2CCCCC2)c1=O. The van der Waals surface area contributed by atoms with Crippen molar-refractivity contribution in [2.45, 2.75) is 52.1 Å². The average molecular weight is 278 g/mol. The summed E-state index contributed by atoms with van der Waals surface area (Å²) in [5.74, 6) is 0.477. The summed E-state index contributed by atoms with van der Waals surface area (Å²) >= 11 is 0. The highest BCUT2D eigenvalue weighted by atomic mass is 16.1. The van der Waals surface area contributed by atoms with Crippen LogP contribution >= 0.6 is 0 Å². The molecule has 0 bridgehead atoms. The first-order chi connectivity index (χ1) is 9.72. The second-order valence-corrected chi connectivity index (χ2v) is 5.60. The van der Waals surface area contributed by atoms with Crippen LogP contribution in [0, 0.1) is 0 Å². The second kappa shape index (κ2) is 7.43. The molecular weight excluding hydrogens is 252 g/mol. The lowest BCUT2D eigenvalue weighted by atomic mass is 10.1. The van der Waals surface area contributed by atoms with E-state index in [2.05, 4.69) is 29.0 Å². The van der Waals surface area contributed by atoms with Gasteiger partial charge in [0.1, 0.15) is 0 Å². The molecule has 1 aliphatic heterocycles. The summed E-state index contributed by atoms with van der Waals surface area (Å²) < 4.78 is 1.72. The van der Waals surface area contributed by atoms with Gasteiger partial charge < -0.3 is 9.88 Å². The van der Waals surface area contributed by atoms with E-state index < -0.39 is 0 Å². The summed E-state index contributed by atoms with van der Waals surface area (Å²) in [6, 6.07) is 0.441. The molecule has 1 N–H and O–H groups in total. The van der Waals surface area contributed by atoms with E-state index in [4.69, 9.17) is 0 Å². The van der Waals surface area contributed by atoms with Gasteiger partial charge in [-0.15, -0.1) is 0 Å². The van der Waals surface area contributed by atoms with E-state index in [1.165, 1.54) is 32.4 Å². The minimum absolute atomic E-state index is 0.0137. The lowest BCUT2D eigenvalue weighted by Crippen LogP contribution is -2.41. The van der Waals surface area contributed by atoms with E-state index in [0.717, 1.165) is 19.5 Å². The highest BCUT2D eigenvalue weighted by Gasteiger charge is 2.16. The molecule has 5 nitrogen and oxygen atoms in total. The molecule has 20 heavy (non-hydrogen) atoms. The van der Waals surface area contributed by atoms with Crippen LogP contribution in [0.25, 0.3) is 0 Å². The fraction of sp³-hybridized carbons (Fsp3) is 0.733. The van der Waals surface area contributed by atoms with Crippen LogP contribution in [-0.4, -0.2) is 40.1 Å². The molecule has 0 amide bonds. The Kier molecular flexibility index (Phi) is 5.59. The van der Waals surface area contributed by atoms with Crippen LogP contribution in [0.4, 0.5) is 5.82 Å². The maximum atomic E-state index is 12.2. The lowest BCUT2D eigenvalue weighted by Gasteiger charge is -2.32. The van der Waals surface area contributed by atoms with E-state index >= 15 is 0 Å². The van der Waals surface area contributed by atoms with Crippen molar-refractivity contribution in [1.29, 1.82) is 0 Å². The van der Waals surface area contributed by atoms with Crippen LogP contribution in [0.5, 0.6) is 0 Å². The molecular formula is C15H26N4O.